The molecule has 0 saturated carbocycles. The fourth-order valence-corrected chi connectivity index (χ4v) is 2.48. The second-order valence-electron chi connectivity index (χ2n) is 4.71. The first-order valence-corrected chi connectivity index (χ1v) is 5.87. The molecular weight excluding hydrogens is 188 g/mol. The fourth-order valence-electron chi connectivity index (χ4n) is 2.48. The largest absolute Gasteiger partial charge is 0.361 e. The van der Waals surface area contributed by atoms with Crippen LogP contribution in [0, 0.1) is 0 Å². The van der Waals surface area contributed by atoms with Gasteiger partial charge in [0.15, 0.2) is 0 Å². The standard InChI is InChI=1S/C12H20N2O/c1-8(2)12-11-9(7-13-3)5-4-6-10(11)15-14-12/h8-9,13H,4-7H2,1-3H3. The van der Waals surface area contributed by atoms with Crippen molar-refractivity contribution >= 4 is 0 Å². The van der Waals surface area contributed by atoms with Crippen LogP contribution in [0.4, 0.5) is 0 Å². The third-order valence-corrected chi connectivity index (χ3v) is 3.19. The van der Waals surface area contributed by atoms with Crippen LogP contribution in [0.2, 0.25) is 0 Å². The van der Waals surface area contributed by atoms with Gasteiger partial charge in [-0.2, -0.15) is 0 Å². The van der Waals surface area contributed by atoms with E-state index in [1.165, 1.54) is 24.1 Å². The number of nitrogens with zero attached hydrogens (tertiary/aromatic N) is 1. The zero-order valence-electron chi connectivity index (χ0n) is 9.84. The second kappa shape index (κ2) is 4.35. The quantitative estimate of drug-likeness (QED) is 0.829. The molecule has 1 unspecified atom stereocenters. The third-order valence-electron chi connectivity index (χ3n) is 3.19. The van der Waals surface area contributed by atoms with Crippen LogP contribution < -0.4 is 5.32 Å². The molecule has 0 fully saturated rings. The highest BCUT2D eigenvalue weighted by molar-refractivity contribution is 5.31. The first kappa shape index (κ1) is 10.7. The Labute approximate surface area is 91.2 Å². The molecule has 1 atom stereocenters. The van der Waals surface area contributed by atoms with Crippen molar-refractivity contribution in [3.8, 4) is 0 Å². The summed E-state index contributed by atoms with van der Waals surface area (Å²) < 4.78 is 5.45. The highest BCUT2D eigenvalue weighted by atomic mass is 16.5. The molecule has 1 heterocycles. The summed E-state index contributed by atoms with van der Waals surface area (Å²) in [5.41, 5.74) is 2.57. The maximum atomic E-state index is 5.45. The summed E-state index contributed by atoms with van der Waals surface area (Å²) in [7, 11) is 2.01. The van der Waals surface area contributed by atoms with Gasteiger partial charge in [0.25, 0.3) is 0 Å². The van der Waals surface area contributed by atoms with Crippen LogP contribution in [0.15, 0.2) is 4.52 Å². The van der Waals surface area contributed by atoms with Crippen LogP contribution in [-0.4, -0.2) is 18.7 Å². The molecule has 3 nitrogen and oxygen atoms in total. The Morgan fingerprint density at radius 1 is 1.53 bits per heavy atom. The van der Waals surface area contributed by atoms with Crippen molar-refractivity contribution in [3.05, 3.63) is 17.0 Å². The molecule has 3 heteroatoms. The van der Waals surface area contributed by atoms with E-state index in [0.29, 0.717) is 11.8 Å². The summed E-state index contributed by atoms with van der Waals surface area (Å²) >= 11 is 0. The third kappa shape index (κ3) is 1.93. The Kier molecular flexibility index (Phi) is 3.10. The Morgan fingerprint density at radius 3 is 3.00 bits per heavy atom. The highest BCUT2D eigenvalue weighted by Gasteiger charge is 2.28. The average molecular weight is 208 g/mol. The van der Waals surface area contributed by atoms with Crippen molar-refractivity contribution in [2.45, 2.75) is 44.9 Å². The van der Waals surface area contributed by atoms with Gasteiger partial charge in [-0.1, -0.05) is 19.0 Å². The van der Waals surface area contributed by atoms with Crippen molar-refractivity contribution in [2.75, 3.05) is 13.6 Å². The SMILES string of the molecule is CNCC1CCCc2onc(C(C)C)c21. The van der Waals surface area contributed by atoms with Gasteiger partial charge in [-0.15, -0.1) is 0 Å². The number of hydrogen-bond donors (Lipinski definition) is 1. The Bertz CT molecular complexity index is 330. The molecular formula is C12H20N2O. The molecule has 1 aliphatic rings. The van der Waals surface area contributed by atoms with E-state index in [0.717, 1.165) is 18.7 Å². The minimum absolute atomic E-state index is 0.468. The van der Waals surface area contributed by atoms with E-state index in [2.05, 4.69) is 24.3 Å². The molecule has 0 spiro atoms. The van der Waals surface area contributed by atoms with Crippen molar-refractivity contribution in [1.82, 2.24) is 10.5 Å². The maximum Gasteiger partial charge on any atom is 0.140 e. The van der Waals surface area contributed by atoms with Crippen molar-refractivity contribution in [3.63, 3.8) is 0 Å². The van der Waals surface area contributed by atoms with Gasteiger partial charge >= 0.3 is 0 Å². The number of nitrogens with one attached hydrogen (secondary N) is 1. The molecule has 0 aromatic carbocycles. The molecule has 1 aromatic heterocycles. The molecule has 1 N–H and O–H groups in total. The molecule has 0 bridgehead atoms. The lowest BCUT2D eigenvalue weighted by Gasteiger charge is -2.22. The van der Waals surface area contributed by atoms with E-state index in [9.17, 15) is 0 Å². The summed E-state index contributed by atoms with van der Waals surface area (Å²) in [4.78, 5) is 0. The van der Waals surface area contributed by atoms with E-state index in [1.54, 1.807) is 0 Å². The predicted octanol–water partition coefficient (Wildman–Crippen LogP) is 2.44. The first-order valence-electron chi connectivity index (χ1n) is 5.87. The van der Waals surface area contributed by atoms with Crippen molar-refractivity contribution in [1.29, 1.82) is 0 Å². The molecule has 2 rings (SSSR count). The maximum absolute atomic E-state index is 5.45. The van der Waals surface area contributed by atoms with Crippen LogP contribution in [0.1, 0.15) is 55.5 Å². The minimum atomic E-state index is 0.468. The Balaban J connectivity index is 2.34. The van der Waals surface area contributed by atoms with Gasteiger partial charge in [-0.3, -0.25) is 0 Å². The van der Waals surface area contributed by atoms with Gasteiger partial charge < -0.3 is 9.84 Å². The summed E-state index contributed by atoms with van der Waals surface area (Å²) in [5.74, 6) is 2.20. The van der Waals surface area contributed by atoms with Crippen molar-refractivity contribution in [2.24, 2.45) is 0 Å². The summed E-state index contributed by atoms with van der Waals surface area (Å²) in [6.45, 7) is 5.40. The average Bonchev–Trinajstić information content (AvgIpc) is 2.62. The number of fused-ring (bicyclic) bond motifs is 1. The zero-order chi connectivity index (χ0) is 10.8. The number of hydrogen-bond acceptors (Lipinski definition) is 3. The number of likely N-dealkylation sites (N-methyl/N-ethyl adjacent to an activating group) is 1. The van der Waals surface area contributed by atoms with Gasteiger partial charge in [-0.25, -0.2) is 0 Å². The molecule has 0 radical (unpaired) electrons. The number of aromatic nitrogens is 1. The van der Waals surface area contributed by atoms with Gasteiger partial charge in [0, 0.05) is 24.4 Å². The van der Waals surface area contributed by atoms with Gasteiger partial charge in [0.2, 0.25) is 0 Å². The molecule has 0 saturated heterocycles. The molecule has 1 aliphatic carbocycles. The van der Waals surface area contributed by atoms with Crippen LogP contribution >= 0.6 is 0 Å². The number of rotatable bonds is 3. The highest BCUT2D eigenvalue weighted by Crippen LogP contribution is 2.36. The van der Waals surface area contributed by atoms with E-state index < -0.39 is 0 Å². The zero-order valence-corrected chi connectivity index (χ0v) is 9.84. The van der Waals surface area contributed by atoms with Gasteiger partial charge in [0.05, 0.1) is 5.69 Å². The molecule has 0 aliphatic heterocycles. The van der Waals surface area contributed by atoms with Gasteiger partial charge in [0.1, 0.15) is 5.76 Å². The Hall–Kier alpha value is -0.830. The summed E-state index contributed by atoms with van der Waals surface area (Å²) in [6, 6.07) is 0. The monoisotopic (exact) mass is 208 g/mol. The normalized spacial score (nSPS) is 20.7. The van der Waals surface area contributed by atoms with E-state index in [4.69, 9.17) is 4.52 Å². The van der Waals surface area contributed by atoms with E-state index >= 15 is 0 Å². The van der Waals surface area contributed by atoms with Crippen molar-refractivity contribution < 1.29 is 4.52 Å². The minimum Gasteiger partial charge on any atom is -0.361 e. The predicted molar refractivity (Wildman–Crippen MR) is 60.2 cm³/mol. The lowest BCUT2D eigenvalue weighted by atomic mass is 9.83. The molecule has 84 valence electrons. The summed E-state index contributed by atoms with van der Waals surface area (Å²) in [6.07, 6.45) is 3.55. The molecule has 15 heavy (non-hydrogen) atoms. The Morgan fingerprint density at radius 2 is 2.33 bits per heavy atom. The summed E-state index contributed by atoms with van der Waals surface area (Å²) in [5, 5.41) is 7.49. The lowest BCUT2D eigenvalue weighted by molar-refractivity contribution is 0.359. The topological polar surface area (TPSA) is 38.1 Å². The number of aryl methyl sites for hydroxylation is 1. The molecule has 0 amide bonds. The van der Waals surface area contributed by atoms with E-state index in [1.807, 2.05) is 7.05 Å². The van der Waals surface area contributed by atoms with Crippen LogP contribution in [0.5, 0.6) is 0 Å². The fraction of sp³-hybridized carbons (Fsp3) is 0.750. The van der Waals surface area contributed by atoms with Crippen LogP contribution in [-0.2, 0) is 6.42 Å². The van der Waals surface area contributed by atoms with Gasteiger partial charge in [-0.05, 0) is 25.8 Å². The van der Waals surface area contributed by atoms with Crippen LogP contribution in [0.3, 0.4) is 0 Å². The second-order valence-corrected chi connectivity index (χ2v) is 4.71. The smallest absolute Gasteiger partial charge is 0.140 e. The van der Waals surface area contributed by atoms with E-state index in [-0.39, 0.29) is 0 Å². The molecule has 1 aromatic rings. The lowest BCUT2D eigenvalue weighted by Crippen LogP contribution is -2.21. The van der Waals surface area contributed by atoms with Crippen LogP contribution in [0.25, 0.3) is 0 Å². The first-order chi connectivity index (χ1) is 7.24.